The van der Waals surface area contributed by atoms with Crippen LogP contribution in [-0.4, -0.2) is 16.4 Å². The van der Waals surface area contributed by atoms with Gasteiger partial charge in [0.05, 0.1) is 0 Å². The number of nitrogens with zero attached hydrogens (tertiary/aromatic N) is 1. The largest absolute Gasteiger partial charge is 0.326 e. The Balaban J connectivity index is 2.22. The second-order valence-corrected chi connectivity index (χ2v) is 4.55. The van der Waals surface area contributed by atoms with Gasteiger partial charge in [0.15, 0.2) is 0 Å². The van der Waals surface area contributed by atoms with Gasteiger partial charge in [0, 0.05) is 31.5 Å². The van der Waals surface area contributed by atoms with E-state index in [1.54, 1.807) is 43.6 Å². The number of pyridine rings is 1. The van der Waals surface area contributed by atoms with Crippen LogP contribution in [0.3, 0.4) is 0 Å². The van der Waals surface area contributed by atoms with Gasteiger partial charge >= 0.3 is 0 Å². The molecule has 0 saturated carbocycles. The highest BCUT2D eigenvalue weighted by Gasteiger charge is 2.11. The maximum absolute atomic E-state index is 12.1. The summed E-state index contributed by atoms with van der Waals surface area (Å²) < 4.78 is 1.34. The molecule has 0 atom stereocenters. The van der Waals surface area contributed by atoms with Crippen LogP contribution in [-0.2, 0) is 11.8 Å². The number of carbonyl (C=O) groups excluding carboxylic acids is 2. The summed E-state index contributed by atoms with van der Waals surface area (Å²) in [5.41, 5.74) is 0.761. The van der Waals surface area contributed by atoms with Crippen LogP contribution in [0.4, 0.5) is 11.4 Å². The van der Waals surface area contributed by atoms with Gasteiger partial charge in [0.25, 0.3) is 11.5 Å². The molecule has 0 bridgehead atoms. The predicted octanol–water partition coefficient (Wildman–Crippen LogP) is 1.60. The summed E-state index contributed by atoms with van der Waals surface area (Å²) in [6.07, 6.45) is 1.58. The summed E-state index contributed by atoms with van der Waals surface area (Å²) in [4.78, 5) is 35.0. The molecule has 0 fully saturated rings. The molecular formula is C15H15N3O3. The first-order valence-electron chi connectivity index (χ1n) is 6.32. The van der Waals surface area contributed by atoms with E-state index in [-0.39, 0.29) is 17.0 Å². The van der Waals surface area contributed by atoms with Gasteiger partial charge in [-0.1, -0.05) is 6.07 Å². The molecule has 2 rings (SSSR count). The number of amides is 2. The van der Waals surface area contributed by atoms with E-state index in [2.05, 4.69) is 10.6 Å². The highest BCUT2D eigenvalue weighted by atomic mass is 16.2. The van der Waals surface area contributed by atoms with E-state index in [4.69, 9.17) is 0 Å². The number of carbonyl (C=O) groups is 2. The van der Waals surface area contributed by atoms with Gasteiger partial charge in [-0.3, -0.25) is 14.4 Å². The van der Waals surface area contributed by atoms with Crippen molar-refractivity contribution in [2.45, 2.75) is 6.92 Å². The molecule has 2 aromatic rings. The van der Waals surface area contributed by atoms with E-state index in [1.807, 2.05) is 0 Å². The third kappa shape index (κ3) is 3.56. The third-order valence-corrected chi connectivity index (χ3v) is 2.81. The topological polar surface area (TPSA) is 80.2 Å². The van der Waals surface area contributed by atoms with Gasteiger partial charge in [-0.25, -0.2) is 0 Å². The molecular weight excluding hydrogens is 270 g/mol. The van der Waals surface area contributed by atoms with Crippen molar-refractivity contribution >= 4 is 23.2 Å². The highest BCUT2D eigenvalue weighted by Crippen LogP contribution is 2.15. The minimum Gasteiger partial charge on any atom is -0.326 e. The van der Waals surface area contributed by atoms with Crippen LogP contribution >= 0.6 is 0 Å². The van der Waals surface area contributed by atoms with Gasteiger partial charge in [-0.05, 0) is 30.3 Å². The minimum absolute atomic E-state index is 0.0601. The van der Waals surface area contributed by atoms with E-state index in [0.29, 0.717) is 11.4 Å². The fourth-order valence-electron chi connectivity index (χ4n) is 1.85. The van der Waals surface area contributed by atoms with Crippen LogP contribution in [0.2, 0.25) is 0 Å². The van der Waals surface area contributed by atoms with Crippen molar-refractivity contribution in [1.29, 1.82) is 0 Å². The Hall–Kier alpha value is -2.89. The van der Waals surface area contributed by atoms with Crippen molar-refractivity contribution in [2.75, 3.05) is 10.6 Å². The molecule has 1 aromatic heterocycles. The van der Waals surface area contributed by atoms with Crippen molar-refractivity contribution in [3.8, 4) is 0 Å². The van der Waals surface area contributed by atoms with E-state index < -0.39 is 5.91 Å². The maximum atomic E-state index is 12.1. The standard InChI is InChI=1S/C15H15N3O3/c1-10(19)16-11-5-3-6-12(9-11)17-14(20)13-7-4-8-18(2)15(13)21/h3-9H,1-2H3,(H,16,19)(H,17,20). The van der Waals surface area contributed by atoms with Crippen molar-refractivity contribution in [2.24, 2.45) is 7.05 Å². The zero-order chi connectivity index (χ0) is 15.4. The maximum Gasteiger partial charge on any atom is 0.263 e. The lowest BCUT2D eigenvalue weighted by atomic mass is 10.2. The first kappa shape index (κ1) is 14.5. The molecule has 108 valence electrons. The normalized spacial score (nSPS) is 10.0. The third-order valence-electron chi connectivity index (χ3n) is 2.81. The molecule has 0 aliphatic heterocycles. The van der Waals surface area contributed by atoms with Gasteiger partial charge in [-0.2, -0.15) is 0 Å². The van der Waals surface area contributed by atoms with E-state index in [9.17, 15) is 14.4 Å². The molecule has 2 N–H and O–H groups in total. The smallest absolute Gasteiger partial charge is 0.263 e. The molecule has 0 saturated heterocycles. The average Bonchev–Trinajstić information content (AvgIpc) is 2.41. The Bertz CT molecular complexity index is 750. The molecule has 0 aliphatic carbocycles. The second-order valence-electron chi connectivity index (χ2n) is 4.55. The van der Waals surface area contributed by atoms with Crippen molar-refractivity contribution in [3.63, 3.8) is 0 Å². The van der Waals surface area contributed by atoms with Crippen LogP contribution in [0, 0.1) is 0 Å². The van der Waals surface area contributed by atoms with Crippen molar-refractivity contribution in [1.82, 2.24) is 4.57 Å². The van der Waals surface area contributed by atoms with Crippen LogP contribution in [0.5, 0.6) is 0 Å². The molecule has 6 nitrogen and oxygen atoms in total. The molecule has 1 aromatic carbocycles. The van der Waals surface area contributed by atoms with Crippen LogP contribution in [0.1, 0.15) is 17.3 Å². The number of rotatable bonds is 3. The van der Waals surface area contributed by atoms with E-state index in [0.717, 1.165) is 0 Å². The first-order chi connectivity index (χ1) is 9.97. The number of hydrogen-bond acceptors (Lipinski definition) is 3. The van der Waals surface area contributed by atoms with Crippen LogP contribution in [0.25, 0.3) is 0 Å². The zero-order valence-corrected chi connectivity index (χ0v) is 11.7. The van der Waals surface area contributed by atoms with Gasteiger partial charge in [0.1, 0.15) is 5.56 Å². The SMILES string of the molecule is CC(=O)Nc1cccc(NC(=O)c2cccn(C)c2=O)c1. The summed E-state index contributed by atoms with van der Waals surface area (Å²) in [7, 11) is 1.58. The molecule has 1 heterocycles. The van der Waals surface area contributed by atoms with Crippen LogP contribution < -0.4 is 16.2 Å². The van der Waals surface area contributed by atoms with Gasteiger partial charge in [0.2, 0.25) is 5.91 Å². The summed E-state index contributed by atoms with van der Waals surface area (Å²) in [5, 5.41) is 5.26. The lowest BCUT2D eigenvalue weighted by molar-refractivity contribution is -0.114. The number of nitrogens with one attached hydrogen (secondary N) is 2. The number of anilines is 2. The molecule has 21 heavy (non-hydrogen) atoms. The second kappa shape index (κ2) is 6.04. The first-order valence-corrected chi connectivity index (χ1v) is 6.32. The molecule has 6 heteroatoms. The Labute approximate surface area is 121 Å². The van der Waals surface area contributed by atoms with Crippen molar-refractivity contribution < 1.29 is 9.59 Å². The van der Waals surface area contributed by atoms with Gasteiger partial charge in [-0.15, -0.1) is 0 Å². The molecule has 0 aliphatic rings. The Morgan fingerprint density at radius 3 is 2.38 bits per heavy atom. The molecule has 0 spiro atoms. The highest BCUT2D eigenvalue weighted by molar-refractivity contribution is 6.04. The fourth-order valence-corrected chi connectivity index (χ4v) is 1.85. The summed E-state index contributed by atoms with van der Waals surface area (Å²) >= 11 is 0. The number of aryl methyl sites for hydroxylation is 1. The monoisotopic (exact) mass is 285 g/mol. The summed E-state index contributed by atoms with van der Waals surface area (Å²) in [6, 6.07) is 9.80. The van der Waals surface area contributed by atoms with Crippen molar-refractivity contribution in [3.05, 3.63) is 58.5 Å². The minimum atomic E-state index is -0.490. The molecule has 0 radical (unpaired) electrons. The number of benzene rings is 1. The Morgan fingerprint density at radius 2 is 1.71 bits per heavy atom. The fraction of sp³-hybridized carbons (Fsp3) is 0.133. The Kier molecular flexibility index (Phi) is 4.18. The van der Waals surface area contributed by atoms with E-state index >= 15 is 0 Å². The summed E-state index contributed by atoms with van der Waals surface area (Å²) in [6.45, 7) is 1.40. The molecule has 2 amide bonds. The Morgan fingerprint density at radius 1 is 1.05 bits per heavy atom. The molecule has 0 unspecified atom stereocenters. The quantitative estimate of drug-likeness (QED) is 0.898. The van der Waals surface area contributed by atoms with Crippen LogP contribution in [0.15, 0.2) is 47.4 Å². The predicted molar refractivity (Wildman–Crippen MR) is 80.4 cm³/mol. The number of hydrogen-bond donors (Lipinski definition) is 2. The van der Waals surface area contributed by atoms with E-state index in [1.165, 1.54) is 17.6 Å². The summed E-state index contributed by atoms with van der Waals surface area (Å²) in [5.74, 6) is -0.688. The average molecular weight is 285 g/mol. The van der Waals surface area contributed by atoms with Gasteiger partial charge < -0.3 is 15.2 Å². The number of aromatic nitrogens is 1. The zero-order valence-electron chi connectivity index (χ0n) is 11.7. The lowest BCUT2D eigenvalue weighted by Gasteiger charge is -2.08. The lowest BCUT2D eigenvalue weighted by Crippen LogP contribution is -2.27.